The van der Waals surface area contributed by atoms with Crippen molar-refractivity contribution >= 4 is 0 Å². The van der Waals surface area contributed by atoms with E-state index in [0.717, 1.165) is 0 Å². The molecule has 2 atom stereocenters. The number of hydrogen-bond donors (Lipinski definition) is 2. The molecule has 0 aromatic rings. The van der Waals surface area contributed by atoms with Crippen LogP contribution in [-0.4, -0.2) is 5.66 Å². The van der Waals surface area contributed by atoms with Gasteiger partial charge in [-0.3, -0.25) is 0 Å². The zero-order valence-corrected chi connectivity index (χ0v) is 10.7. The first-order valence-corrected chi connectivity index (χ1v) is 5.72. The van der Waals surface area contributed by atoms with Crippen molar-refractivity contribution < 1.29 is 0 Å². The van der Waals surface area contributed by atoms with E-state index in [1.807, 2.05) is 6.92 Å². The Morgan fingerprint density at radius 3 is 1.79 bits per heavy atom. The highest BCUT2D eigenvalue weighted by molar-refractivity contribution is 4.93. The summed E-state index contributed by atoms with van der Waals surface area (Å²) in [7, 11) is 0. The molecule has 0 bridgehead atoms. The molecule has 0 radical (unpaired) electrons. The second-order valence-corrected chi connectivity index (χ2v) is 5.56. The maximum atomic E-state index is 6.03. The van der Waals surface area contributed by atoms with Crippen molar-refractivity contribution in [1.29, 1.82) is 0 Å². The van der Waals surface area contributed by atoms with Crippen LogP contribution in [0.5, 0.6) is 0 Å². The molecule has 86 valence electrons. The Labute approximate surface area is 89.4 Å². The maximum absolute atomic E-state index is 6.03. The lowest BCUT2D eigenvalue weighted by atomic mass is 9.66. The fourth-order valence-corrected chi connectivity index (χ4v) is 1.91. The molecule has 0 aliphatic heterocycles. The average molecular weight is 200 g/mol. The maximum Gasteiger partial charge on any atom is 0.0662 e. The quantitative estimate of drug-likeness (QED) is 0.670. The van der Waals surface area contributed by atoms with Gasteiger partial charge in [0.15, 0.2) is 0 Å². The van der Waals surface area contributed by atoms with E-state index in [9.17, 15) is 0 Å². The lowest BCUT2D eigenvalue weighted by Crippen LogP contribution is -2.60. The molecule has 2 nitrogen and oxygen atoms in total. The molecule has 0 heterocycles. The van der Waals surface area contributed by atoms with E-state index >= 15 is 0 Å². The van der Waals surface area contributed by atoms with E-state index in [2.05, 4.69) is 34.6 Å². The van der Waals surface area contributed by atoms with E-state index in [1.165, 1.54) is 12.8 Å². The van der Waals surface area contributed by atoms with Crippen LogP contribution in [0.2, 0.25) is 0 Å². The van der Waals surface area contributed by atoms with Gasteiger partial charge in [-0.15, -0.1) is 0 Å². The Kier molecular flexibility index (Phi) is 4.60. The molecule has 4 N–H and O–H groups in total. The second-order valence-electron chi connectivity index (χ2n) is 5.56. The van der Waals surface area contributed by atoms with Crippen LogP contribution in [0.15, 0.2) is 0 Å². The van der Waals surface area contributed by atoms with Crippen LogP contribution in [0.4, 0.5) is 0 Å². The number of nitrogens with two attached hydrogens (primary N) is 2. The molecule has 0 fully saturated rings. The predicted octanol–water partition coefficient (Wildman–Crippen LogP) is 2.72. The zero-order chi connectivity index (χ0) is 11.6. The molecule has 0 saturated heterocycles. The van der Waals surface area contributed by atoms with Gasteiger partial charge in [0.2, 0.25) is 0 Å². The van der Waals surface area contributed by atoms with Crippen molar-refractivity contribution in [1.82, 2.24) is 0 Å². The highest BCUT2D eigenvalue weighted by Crippen LogP contribution is 2.39. The Morgan fingerprint density at radius 1 is 1.07 bits per heavy atom. The van der Waals surface area contributed by atoms with Gasteiger partial charge in [-0.05, 0) is 24.2 Å². The van der Waals surface area contributed by atoms with Gasteiger partial charge in [0.1, 0.15) is 0 Å². The smallest absolute Gasteiger partial charge is 0.0662 e. The van der Waals surface area contributed by atoms with Crippen LogP contribution in [-0.2, 0) is 0 Å². The molecule has 2 heteroatoms. The topological polar surface area (TPSA) is 52.0 Å². The highest BCUT2D eigenvalue weighted by atomic mass is 15.0. The first-order valence-electron chi connectivity index (χ1n) is 5.72. The Hall–Kier alpha value is -0.0800. The predicted molar refractivity (Wildman–Crippen MR) is 63.8 cm³/mol. The van der Waals surface area contributed by atoms with Crippen LogP contribution < -0.4 is 11.5 Å². The summed E-state index contributed by atoms with van der Waals surface area (Å²) in [5.41, 5.74) is 11.4. The van der Waals surface area contributed by atoms with Crippen molar-refractivity contribution in [3.8, 4) is 0 Å². The molecular formula is C12H28N2. The fourth-order valence-electron chi connectivity index (χ4n) is 1.91. The lowest BCUT2D eigenvalue weighted by Gasteiger charge is -2.45. The van der Waals surface area contributed by atoms with Crippen molar-refractivity contribution in [2.45, 2.75) is 60.0 Å². The molecule has 0 aliphatic carbocycles. The van der Waals surface area contributed by atoms with Crippen molar-refractivity contribution in [3.05, 3.63) is 0 Å². The molecule has 0 saturated carbocycles. The van der Waals surface area contributed by atoms with Crippen molar-refractivity contribution in [2.24, 2.45) is 28.7 Å². The Bertz CT molecular complexity index is 168. The summed E-state index contributed by atoms with van der Waals surface area (Å²) in [6, 6.07) is 0. The summed E-state index contributed by atoms with van der Waals surface area (Å²) in [5, 5.41) is 0. The molecular weight excluding hydrogens is 172 g/mol. The fraction of sp³-hybridized carbons (Fsp3) is 1.00. The SMILES string of the molecule is CCCC(C)C(C)C(C)(C)C(C)(N)N. The van der Waals surface area contributed by atoms with E-state index in [1.54, 1.807) is 0 Å². The molecule has 0 aromatic carbocycles. The van der Waals surface area contributed by atoms with Crippen molar-refractivity contribution in [3.63, 3.8) is 0 Å². The van der Waals surface area contributed by atoms with Gasteiger partial charge in [0, 0.05) is 0 Å². The van der Waals surface area contributed by atoms with Gasteiger partial charge >= 0.3 is 0 Å². The molecule has 0 amide bonds. The molecule has 0 aromatic heterocycles. The van der Waals surface area contributed by atoms with Gasteiger partial charge in [-0.1, -0.05) is 47.5 Å². The van der Waals surface area contributed by atoms with E-state index in [4.69, 9.17) is 11.5 Å². The van der Waals surface area contributed by atoms with Gasteiger partial charge in [-0.25, -0.2) is 0 Å². The Morgan fingerprint density at radius 2 is 1.50 bits per heavy atom. The average Bonchev–Trinajstić information content (AvgIpc) is 2.01. The normalized spacial score (nSPS) is 18.0. The minimum absolute atomic E-state index is 0.0262. The van der Waals surface area contributed by atoms with Gasteiger partial charge in [0.05, 0.1) is 5.66 Å². The minimum atomic E-state index is -0.603. The minimum Gasteiger partial charge on any atom is -0.313 e. The molecule has 0 spiro atoms. The second kappa shape index (κ2) is 4.63. The number of hydrogen-bond acceptors (Lipinski definition) is 2. The van der Waals surface area contributed by atoms with Gasteiger partial charge < -0.3 is 11.5 Å². The summed E-state index contributed by atoms with van der Waals surface area (Å²) >= 11 is 0. The summed E-state index contributed by atoms with van der Waals surface area (Å²) in [5.74, 6) is 1.23. The largest absolute Gasteiger partial charge is 0.313 e. The van der Waals surface area contributed by atoms with Gasteiger partial charge in [0.25, 0.3) is 0 Å². The molecule has 0 rings (SSSR count). The van der Waals surface area contributed by atoms with Gasteiger partial charge in [-0.2, -0.15) is 0 Å². The molecule has 0 aliphatic rings. The van der Waals surface area contributed by atoms with Crippen LogP contribution in [0.3, 0.4) is 0 Å². The summed E-state index contributed by atoms with van der Waals surface area (Å²) in [6.45, 7) is 13.0. The summed E-state index contributed by atoms with van der Waals surface area (Å²) < 4.78 is 0. The summed E-state index contributed by atoms with van der Waals surface area (Å²) in [6.07, 6.45) is 2.48. The molecule has 2 unspecified atom stereocenters. The monoisotopic (exact) mass is 200 g/mol. The van der Waals surface area contributed by atoms with E-state index in [-0.39, 0.29) is 5.41 Å². The standard InChI is InChI=1S/C12H28N2/c1-7-8-9(2)10(3)11(4,5)12(6,13)14/h9-10H,7-8,13-14H2,1-6H3. The van der Waals surface area contributed by atoms with Crippen molar-refractivity contribution in [2.75, 3.05) is 0 Å². The summed E-state index contributed by atoms with van der Waals surface area (Å²) in [4.78, 5) is 0. The van der Waals surface area contributed by atoms with Crippen LogP contribution in [0.1, 0.15) is 54.4 Å². The van der Waals surface area contributed by atoms with E-state index < -0.39 is 5.66 Å². The molecule has 14 heavy (non-hydrogen) atoms. The lowest BCUT2D eigenvalue weighted by molar-refractivity contribution is 0.0705. The highest BCUT2D eigenvalue weighted by Gasteiger charge is 2.40. The first kappa shape index (κ1) is 13.9. The Balaban J connectivity index is 4.57. The number of rotatable bonds is 5. The third-order valence-electron chi connectivity index (χ3n) is 4.12. The third kappa shape index (κ3) is 2.96. The van der Waals surface area contributed by atoms with Crippen LogP contribution in [0.25, 0.3) is 0 Å². The first-order chi connectivity index (χ1) is 6.14. The van der Waals surface area contributed by atoms with E-state index in [0.29, 0.717) is 11.8 Å². The van der Waals surface area contributed by atoms with Crippen LogP contribution >= 0.6 is 0 Å². The van der Waals surface area contributed by atoms with Crippen LogP contribution in [0, 0.1) is 17.3 Å². The zero-order valence-electron chi connectivity index (χ0n) is 10.7. The third-order valence-corrected chi connectivity index (χ3v) is 4.12.